The third-order valence-electron chi connectivity index (χ3n) is 4.11. The van der Waals surface area contributed by atoms with Gasteiger partial charge in [0.15, 0.2) is 6.61 Å². The van der Waals surface area contributed by atoms with E-state index in [1.165, 1.54) is 12.1 Å². The second-order valence-electron chi connectivity index (χ2n) is 6.27. The van der Waals surface area contributed by atoms with Gasteiger partial charge in [-0.15, -0.1) is 0 Å². The van der Waals surface area contributed by atoms with Gasteiger partial charge in [-0.25, -0.2) is 4.79 Å². The van der Waals surface area contributed by atoms with Crippen LogP contribution in [-0.2, 0) is 14.3 Å². The molecule has 0 aliphatic heterocycles. The number of esters is 1. The van der Waals surface area contributed by atoms with Crippen LogP contribution in [0.15, 0.2) is 18.2 Å². The fraction of sp³-hybridized carbons (Fsp3) is 0.412. The molecule has 1 aliphatic rings. The van der Waals surface area contributed by atoms with Gasteiger partial charge < -0.3 is 15.4 Å². The largest absolute Gasteiger partial charge is 0.454 e. The summed E-state index contributed by atoms with van der Waals surface area (Å²) < 4.78 is 4.67. The molecule has 0 spiro atoms. The van der Waals surface area contributed by atoms with Crippen LogP contribution in [0.5, 0.6) is 0 Å². The Balaban J connectivity index is 1.71. The lowest BCUT2D eigenvalue weighted by Crippen LogP contribution is -2.45. The van der Waals surface area contributed by atoms with Gasteiger partial charge >= 0.3 is 12.0 Å². The first-order chi connectivity index (χ1) is 13.8. The van der Waals surface area contributed by atoms with E-state index in [2.05, 4.69) is 15.4 Å². The van der Waals surface area contributed by atoms with Crippen LogP contribution >= 0.6 is 11.6 Å². The molecule has 1 saturated carbocycles. The number of nitrogens with one attached hydrogen (secondary N) is 3. The maximum absolute atomic E-state index is 12.0. The monoisotopic (exact) mass is 426 g/mol. The molecule has 12 heteroatoms. The fourth-order valence-corrected chi connectivity index (χ4v) is 2.89. The molecule has 1 aromatic carbocycles. The molecule has 0 aromatic heterocycles. The average molecular weight is 427 g/mol. The van der Waals surface area contributed by atoms with Crippen molar-refractivity contribution in [3.63, 3.8) is 0 Å². The zero-order chi connectivity index (χ0) is 21.4. The van der Waals surface area contributed by atoms with E-state index in [0.717, 1.165) is 31.7 Å². The molecule has 2 rings (SSSR count). The van der Waals surface area contributed by atoms with Crippen LogP contribution in [0, 0.1) is 10.1 Å². The topological polar surface area (TPSA) is 157 Å². The first-order valence-corrected chi connectivity index (χ1v) is 9.12. The fourth-order valence-electron chi connectivity index (χ4n) is 2.70. The van der Waals surface area contributed by atoms with Crippen molar-refractivity contribution in [1.29, 1.82) is 0 Å². The molecule has 3 N–H and O–H groups in total. The standard InChI is InChI=1S/C17H19ClN4O7/c18-12-6-5-10(7-13(12)22(27)28)16(25)19-8-15(24)29-9-14(23)21-17(26)20-11-3-1-2-4-11/h5-7,11H,1-4,8-9H2,(H,19,25)(H2,20,21,23,26). The van der Waals surface area contributed by atoms with Crippen LogP contribution in [0.25, 0.3) is 0 Å². The molecular formula is C17H19ClN4O7. The van der Waals surface area contributed by atoms with E-state index >= 15 is 0 Å². The first kappa shape index (κ1) is 22.1. The number of nitro groups is 1. The van der Waals surface area contributed by atoms with Crippen LogP contribution in [0.2, 0.25) is 5.02 Å². The normalized spacial score (nSPS) is 13.4. The number of halogens is 1. The molecule has 1 aromatic rings. The van der Waals surface area contributed by atoms with Crippen LogP contribution in [0.3, 0.4) is 0 Å². The minimum Gasteiger partial charge on any atom is -0.454 e. The number of ether oxygens (including phenoxy) is 1. The molecule has 0 saturated heterocycles. The molecule has 0 unspecified atom stereocenters. The lowest BCUT2D eigenvalue weighted by molar-refractivity contribution is -0.384. The second-order valence-corrected chi connectivity index (χ2v) is 6.68. The van der Waals surface area contributed by atoms with Crippen LogP contribution < -0.4 is 16.0 Å². The van der Waals surface area contributed by atoms with E-state index in [1.54, 1.807) is 0 Å². The highest BCUT2D eigenvalue weighted by molar-refractivity contribution is 6.32. The van der Waals surface area contributed by atoms with Crippen molar-refractivity contribution in [2.45, 2.75) is 31.7 Å². The number of imide groups is 1. The van der Waals surface area contributed by atoms with Crippen molar-refractivity contribution in [2.24, 2.45) is 0 Å². The zero-order valence-electron chi connectivity index (χ0n) is 15.2. The summed E-state index contributed by atoms with van der Waals surface area (Å²) >= 11 is 5.66. The van der Waals surface area contributed by atoms with Crippen molar-refractivity contribution in [3.8, 4) is 0 Å². The number of rotatable bonds is 7. The summed E-state index contributed by atoms with van der Waals surface area (Å²) in [4.78, 5) is 56.9. The van der Waals surface area contributed by atoms with Gasteiger partial charge in [-0.2, -0.15) is 0 Å². The van der Waals surface area contributed by atoms with E-state index in [4.69, 9.17) is 11.6 Å². The van der Waals surface area contributed by atoms with Gasteiger partial charge in [-0.1, -0.05) is 24.4 Å². The van der Waals surface area contributed by atoms with Crippen LogP contribution in [0.4, 0.5) is 10.5 Å². The quantitative estimate of drug-likeness (QED) is 0.336. The maximum Gasteiger partial charge on any atom is 0.325 e. The molecule has 4 amide bonds. The van der Waals surface area contributed by atoms with E-state index < -0.39 is 47.6 Å². The highest BCUT2D eigenvalue weighted by Crippen LogP contribution is 2.24. The van der Waals surface area contributed by atoms with E-state index in [1.807, 2.05) is 5.32 Å². The molecule has 0 atom stereocenters. The van der Waals surface area contributed by atoms with Gasteiger partial charge in [-0.05, 0) is 25.0 Å². The lowest BCUT2D eigenvalue weighted by atomic mass is 10.2. The Morgan fingerprint density at radius 3 is 2.55 bits per heavy atom. The van der Waals surface area contributed by atoms with Crippen molar-refractivity contribution in [3.05, 3.63) is 38.9 Å². The summed E-state index contributed by atoms with van der Waals surface area (Å²) in [6, 6.07) is 2.79. The predicted molar refractivity (Wildman–Crippen MR) is 100 cm³/mol. The Labute approximate surface area is 170 Å². The number of carbonyl (C=O) groups is 4. The molecule has 29 heavy (non-hydrogen) atoms. The molecule has 0 radical (unpaired) electrons. The lowest BCUT2D eigenvalue weighted by Gasteiger charge is -2.12. The van der Waals surface area contributed by atoms with E-state index in [0.29, 0.717) is 0 Å². The summed E-state index contributed by atoms with van der Waals surface area (Å²) in [5.41, 5.74) is -0.523. The van der Waals surface area contributed by atoms with Gasteiger partial charge in [0, 0.05) is 17.7 Å². The number of benzene rings is 1. The van der Waals surface area contributed by atoms with Gasteiger partial charge in [0.2, 0.25) is 0 Å². The highest BCUT2D eigenvalue weighted by Gasteiger charge is 2.19. The summed E-state index contributed by atoms with van der Waals surface area (Å²) in [6.07, 6.45) is 3.75. The number of hydrogen-bond acceptors (Lipinski definition) is 7. The van der Waals surface area contributed by atoms with Crippen molar-refractivity contribution in [1.82, 2.24) is 16.0 Å². The highest BCUT2D eigenvalue weighted by atomic mass is 35.5. The van der Waals surface area contributed by atoms with Crippen molar-refractivity contribution < 1.29 is 28.8 Å². The predicted octanol–water partition coefficient (Wildman–Crippen LogP) is 1.29. The van der Waals surface area contributed by atoms with E-state index in [9.17, 15) is 29.3 Å². The smallest absolute Gasteiger partial charge is 0.325 e. The molecule has 1 fully saturated rings. The molecule has 156 valence electrons. The molecule has 1 aliphatic carbocycles. The Morgan fingerprint density at radius 2 is 1.90 bits per heavy atom. The molecule has 11 nitrogen and oxygen atoms in total. The van der Waals surface area contributed by atoms with Gasteiger partial charge in [0.25, 0.3) is 17.5 Å². The Morgan fingerprint density at radius 1 is 1.21 bits per heavy atom. The first-order valence-electron chi connectivity index (χ1n) is 8.74. The minimum absolute atomic E-state index is 0.0317. The Kier molecular flexibility index (Phi) is 7.89. The summed E-state index contributed by atoms with van der Waals surface area (Å²) in [6.45, 7) is -1.27. The molecule has 0 heterocycles. The second kappa shape index (κ2) is 10.4. The Bertz CT molecular complexity index is 824. The van der Waals surface area contributed by atoms with Crippen LogP contribution in [0.1, 0.15) is 36.0 Å². The molecular weight excluding hydrogens is 408 g/mol. The van der Waals surface area contributed by atoms with Gasteiger partial charge in [-0.3, -0.25) is 29.8 Å². The number of urea groups is 1. The van der Waals surface area contributed by atoms with Gasteiger partial charge in [0.05, 0.1) is 4.92 Å². The summed E-state index contributed by atoms with van der Waals surface area (Å²) in [7, 11) is 0. The maximum atomic E-state index is 12.0. The number of carbonyl (C=O) groups excluding carboxylic acids is 4. The Hall–Kier alpha value is -3.21. The number of nitrogens with zero attached hydrogens (tertiary/aromatic N) is 1. The minimum atomic E-state index is -0.923. The van der Waals surface area contributed by atoms with Crippen molar-refractivity contribution in [2.75, 3.05) is 13.2 Å². The summed E-state index contributed by atoms with van der Waals surface area (Å²) in [5.74, 6) is -2.50. The van der Waals surface area contributed by atoms with E-state index in [-0.39, 0.29) is 16.6 Å². The van der Waals surface area contributed by atoms with Crippen LogP contribution in [-0.4, -0.2) is 47.9 Å². The molecule has 0 bridgehead atoms. The number of hydrogen-bond donors (Lipinski definition) is 3. The zero-order valence-corrected chi connectivity index (χ0v) is 16.0. The third-order valence-corrected chi connectivity index (χ3v) is 4.43. The average Bonchev–Trinajstić information content (AvgIpc) is 3.17. The SMILES string of the molecule is O=C(COC(=O)CNC(=O)c1ccc(Cl)c([N+](=O)[O-])c1)NC(=O)NC1CCCC1. The number of nitro benzene ring substituents is 1. The van der Waals surface area contributed by atoms with Crippen molar-refractivity contribution >= 4 is 41.1 Å². The number of amides is 4. The summed E-state index contributed by atoms with van der Waals surface area (Å²) in [5, 5.41) is 17.6. The third kappa shape index (κ3) is 7.03. The van der Waals surface area contributed by atoms with Gasteiger partial charge in [0.1, 0.15) is 11.6 Å².